The average molecular weight is 459 g/mol. The molecule has 0 atom stereocenters. The standard InChI is InChI=1S/C14H20O3.C13H18O3/c1-5-17-13(15)10-14(2,3)11-7-6-8-12(9-11)16-4;1-4-16-12(15)9-13(2,3)10-6-5-7-11(14)8-10/h6-9H,5,10H2,1-4H3;5-8,14H,4,9H2,1-3H3. The Kier molecular flexibility index (Phi) is 10.9. The topological polar surface area (TPSA) is 82.1 Å². The molecule has 2 aromatic rings. The van der Waals surface area contributed by atoms with Crippen LogP contribution in [0.25, 0.3) is 0 Å². The molecule has 0 amide bonds. The van der Waals surface area contributed by atoms with E-state index >= 15 is 0 Å². The zero-order valence-corrected chi connectivity index (χ0v) is 20.9. The summed E-state index contributed by atoms with van der Waals surface area (Å²) in [7, 11) is 1.64. The smallest absolute Gasteiger partial charge is 0.306 e. The Bertz CT molecular complexity index is 901. The van der Waals surface area contributed by atoms with Gasteiger partial charge in [0.1, 0.15) is 11.5 Å². The van der Waals surface area contributed by atoms with Gasteiger partial charge in [0.15, 0.2) is 0 Å². The molecule has 0 aliphatic heterocycles. The molecule has 2 rings (SSSR count). The Labute approximate surface area is 197 Å². The van der Waals surface area contributed by atoms with E-state index in [0.717, 1.165) is 16.9 Å². The molecule has 6 nitrogen and oxygen atoms in total. The van der Waals surface area contributed by atoms with Gasteiger partial charge in [-0.1, -0.05) is 52.0 Å². The van der Waals surface area contributed by atoms with E-state index in [1.165, 1.54) is 0 Å². The second kappa shape index (κ2) is 12.9. The molecule has 2 aromatic carbocycles. The molecule has 0 aliphatic carbocycles. The van der Waals surface area contributed by atoms with E-state index in [1.807, 2.05) is 65.0 Å². The monoisotopic (exact) mass is 458 g/mol. The van der Waals surface area contributed by atoms with Crippen LogP contribution in [-0.4, -0.2) is 37.4 Å². The molecule has 0 aromatic heterocycles. The Hall–Kier alpha value is -3.02. The van der Waals surface area contributed by atoms with Crippen molar-refractivity contribution in [1.29, 1.82) is 0 Å². The van der Waals surface area contributed by atoms with Gasteiger partial charge < -0.3 is 19.3 Å². The summed E-state index contributed by atoms with van der Waals surface area (Å²) >= 11 is 0. The van der Waals surface area contributed by atoms with Crippen LogP contribution >= 0.6 is 0 Å². The van der Waals surface area contributed by atoms with Crippen molar-refractivity contribution >= 4 is 11.9 Å². The van der Waals surface area contributed by atoms with Crippen molar-refractivity contribution in [2.75, 3.05) is 20.3 Å². The summed E-state index contributed by atoms with van der Waals surface area (Å²) in [5, 5.41) is 9.40. The van der Waals surface area contributed by atoms with Gasteiger partial charge in [-0.2, -0.15) is 0 Å². The molecule has 0 heterocycles. The molecule has 6 heteroatoms. The third-order valence-electron chi connectivity index (χ3n) is 5.26. The second-order valence-electron chi connectivity index (χ2n) is 9.01. The third-order valence-corrected chi connectivity index (χ3v) is 5.26. The first kappa shape index (κ1) is 28.0. The highest BCUT2D eigenvalue weighted by Crippen LogP contribution is 2.30. The highest BCUT2D eigenvalue weighted by molar-refractivity contribution is 5.71. The summed E-state index contributed by atoms with van der Waals surface area (Å²) in [6.45, 7) is 12.4. The normalized spacial score (nSPS) is 11.1. The molecule has 0 fully saturated rings. The number of hydrogen-bond donors (Lipinski definition) is 1. The van der Waals surface area contributed by atoms with E-state index < -0.39 is 0 Å². The van der Waals surface area contributed by atoms with E-state index in [2.05, 4.69) is 0 Å². The fraction of sp³-hybridized carbons (Fsp3) is 0.481. The first-order chi connectivity index (χ1) is 15.4. The van der Waals surface area contributed by atoms with E-state index in [0.29, 0.717) is 26.1 Å². The highest BCUT2D eigenvalue weighted by Gasteiger charge is 2.26. The molecule has 1 N–H and O–H groups in total. The van der Waals surface area contributed by atoms with Gasteiger partial charge in [0.2, 0.25) is 0 Å². The summed E-state index contributed by atoms with van der Waals surface area (Å²) < 4.78 is 15.1. The molecule has 0 unspecified atom stereocenters. The number of methoxy groups -OCH3 is 1. The quantitative estimate of drug-likeness (QED) is 0.496. The predicted molar refractivity (Wildman–Crippen MR) is 130 cm³/mol. The number of esters is 2. The first-order valence-corrected chi connectivity index (χ1v) is 11.2. The number of rotatable bonds is 9. The number of phenolic OH excluding ortho intramolecular Hbond substituents is 1. The molecule has 182 valence electrons. The highest BCUT2D eigenvalue weighted by atomic mass is 16.5. The molecular formula is C27H38O6. The maximum atomic E-state index is 11.5. The molecular weight excluding hydrogens is 420 g/mol. The number of aromatic hydroxyl groups is 1. The van der Waals surface area contributed by atoms with E-state index in [9.17, 15) is 14.7 Å². The van der Waals surface area contributed by atoms with Crippen LogP contribution in [0.3, 0.4) is 0 Å². The van der Waals surface area contributed by atoms with Crippen LogP contribution in [0.5, 0.6) is 11.5 Å². The zero-order chi connectivity index (χ0) is 25.1. The van der Waals surface area contributed by atoms with Crippen molar-refractivity contribution < 1.29 is 28.9 Å². The predicted octanol–water partition coefficient (Wildman–Crippen LogP) is 5.55. The Morgan fingerprint density at radius 2 is 1.24 bits per heavy atom. The van der Waals surface area contributed by atoms with E-state index in [1.54, 1.807) is 32.2 Å². The van der Waals surface area contributed by atoms with Gasteiger partial charge in [0.25, 0.3) is 0 Å². The van der Waals surface area contributed by atoms with Crippen LogP contribution in [0.15, 0.2) is 48.5 Å². The zero-order valence-electron chi connectivity index (χ0n) is 20.9. The molecule has 0 bridgehead atoms. The van der Waals surface area contributed by atoms with Crippen molar-refractivity contribution in [3.8, 4) is 11.5 Å². The molecule has 0 spiro atoms. The number of benzene rings is 2. The van der Waals surface area contributed by atoms with E-state index in [4.69, 9.17) is 14.2 Å². The molecule has 0 aliphatic rings. The van der Waals surface area contributed by atoms with Crippen molar-refractivity contribution in [2.45, 2.75) is 65.2 Å². The fourth-order valence-electron chi connectivity index (χ4n) is 3.32. The van der Waals surface area contributed by atoms with Crippen molar-refractivity contribution in [1.82, 2.24) is 0 Å². The van der Waals surface area contributed by atoms with Crippen molar-refractivity contribution in [3.63, 3.8) is 0 Å². The third kappa shape index (κ3) is 9.56. The van der Waals surface area contributed by atoms with Gasteiger partial charge in [0.05, 0.1) is 33.2 Å². The summed E-state index contributed by atoms with van der Waals surface area (Å²) in [6.07, 6.45) is 0.679. The number of ether oxygens (including phenoxy) is 3. The first-order valence-electron chi connectivity index (χ1n) is 11.2. The Balaban J connectivity index is 0.000000331. The van der Waals surface area contributed by atoms with Gasteiger partial charge in [-0.3, -0.25) is 9.59 Å². The van der Waals surface area contributed by atoms with Crippen LogP contribution in [0.1, 0.15) is 65.5 Å². The Morgan fingerprint density at radius 3 is 1.67 bits per heavy atom. The lowest BCUT2D eigenvalue weighted by molar-refractivity contribution is -0.145. The molecule has 33 heavy (non-hydrogen) atoms. The van der Waals surface area contributed by atoms with Crippen LogP contribution in [0.4, 0.5) is 0 Å². The van der Waals surface area contributed by atoms with Gasteiger partial charge in [-0.15, -0.1) is 0 Å². The number of hydrogen-bond acceptors (Lipinski definition) is 6. The lowest BCUT2D eigenvalue weighted by atomic mass is 9.81. The van der Waals surface area contributed by atoms with Gasteiger partial charge >= 0.3 is 11.9 Å². The lowest BCUT2D eigenvalue weighted by Gasteiger charge is -2.24. The lowest BCUT2D eigenvalue weighted by Crippen LogP contribution is -2.23. The van der Waals surface area contributed by atoms with Crippen LogP contribution < -0.4 is 4.74 Å². The fourth-order valence-corrected chi connectivity index (χ4v) is 3.32. The maximum absolute atomic E-state index is 11.5. The largest absolute Gasteiger partial charge is 0.508 e. The average Bonchev–Trinajstić information content (AvgIpc) is 2.74. The molecule has 0 saturated heterocycles. The summed E-state index contributed by atoms with van der Waals surface area (Å²) in [5.74, 6) is 0.644. The van der Waals surface area contributed by atoms with Gasteiger partial charge in [0, 0.05) is 10.8 Å². The van der Waals surface area contributed by atoms with Crippen LogP contribution in [-0.2, 0) is 29.9 Å². The van der Waals surface area contributed by atoms with Crippen molar-refractivity contribution in [3.05, 3.63) is 59.7 Å². The summed E-state index contributed by atoms with van der Waals surface area (Å²) in [5.41, 5.74) is 1.43. The van der Waals surface area contributed by atoms with Crippen LogP contribution in [0.2, 0.25) is 0 Å². The van der Waals surface area contributed by atoms with E-state index in [-0.39, 0.29) is 28.5 Å². The minimum atomic E-state index is -0.328. The van der Waals surface area contributed by atoms with Gasteiger partial charge in [-0.25, -0.2) is 0 Å². The number of carbonyl (C=O) groups is 2. The van der Waals surface area contributed by atoms with Crippen molar-refractivity contribution in [2.24, 2.45) is 0 Å². The maximum Gasteiger partial charge on any atom is 0.306 e. The summed E-state index contributed by atoms with van der Waals surface area (Å²) in [6, 6.07) is 14.8. The minimum Gasteiger partial charge on any atom is -0.508 e. The Morgan fingerprint density at radius 1 is 0.788 bits per heavy atom. The molecule has 0 radical (unpaired) electrons. The second-order valence-corrected chi connectivity index (χ2v) is 9.01. The number of phenols is 1. The SMILES string of the molecule is CCOC(=O)CC(C)(C)c1cccc(O)c1.CCOC(=O)CC(C)(C)c1cccc(OC)c1. The molecule has 0 saturated carbocycles. The number of carbonyl (C=O) groups excluding carboxylic acids is 2. The van der Waals surface area contributed by atoms with Crippen LogP contribution in [0, 0.1) is 0 Å². The minimum absolute atomic E-state index is 0.166. The summed E-state index contributed by atoms with van der Waals surface area (Å²) in [4.78, 5) is 23.0. The van der Waals surface area contributed by atoms with Gasteiger partial charge in [-0.05, 0) is 49.2 Å².